The molecule has 0 bridgehead atoms. The average molecular weight is 1180 g/mol. The minimum absolute atomic E-state index is 0.113. The molecule has 9 rings (SSSR count). The summed E-state index contributed by atoms with van der Waals surface area (Å²) in [7, 11) is 0. The van der Waals surface area contributed by atoms with E-state index in [1.54, 1.807) is 48.5 Å². The van der Waals surface area contributed by atoms with E-state index in [4.69, 9.17) is 0 Å². The van der Waals surface area contributed by atoms with Crippen LogP contribution in [0.2, 0.25) is 0 Å². The first kappa shape index (κ1) is 62.7. The van der Waals surface area contributed by atoms with Crippen molar-refractivity contribution in [3.63, 3.8) is 0 Å². The number of benzene rings is 8. The van der Waals surface area contributed by atoms with Gasteiger partial charge in [-0.05, 0) is 44.5 Å². The molecular weight excluding hydrogens is 1100 g/mol. The molecule has 88 heavy (non-hydrogen) atoms. The fourth-order valence-corrected chi connectivity index (χ4v) is 10.3. The standard InChI is InChI=1S/C72H72N8O8/c81-65(61-29-21-57(22-30-61)53-13-5-1-6-14-53)45-73-69(85)49-77-37-39-78(50-70(86)74-46-66(82)62-31-23-58(24-32-62)54-15-7-2-8-16-54)41-43-80(52-72(88)76-48-68(84)64-35-27-60(28-36-64)56-19-11-4-12-20-56)44-42-79(40-38-77)51-71(87)75-47-67(83)63-33-25-59(26-34-63)55-17-9-3-10-18-55/h1-36H,37-52H2,(H,73,85)(H,74,86)(H,75,87)(H,76,88). The van der Waals surface area contributed by atoms with Crippen LogP contribution in [-0.2, 0) is 19.2 Å². The summed E-state index contributed by atoms with van der Waals surface area (Å²) in [4.78, 5) is 116. The van der Waals surface area contributed by atoms with Gasteiger partial charge < -0.3 is 21.3 Å². The highest BCUT2D eigenvalue weighted by Crippen LogP contribution is 2.23. The van der Waals surface area contributed by atoms with Gasteiger partial charge in [-0.2, -0.15) is 0 Å². The van der Waals surface area contributed by atoms with Crippen LogP contribution in [-0.4, -0.2) is 171 Å². The molecule has 448 valence electrons. The molecule has 0 atom stereocenters. The summed E-state index contributed by atoms with van der Waals surface area (Å²) >= 11 is 0. The fraction of sp³-hybridized carbons (Fsp3) is 0.222. The molecule has 0 saturated carbocycles. The third-order valence-electron chi connectivity index (χ3n) is 15.4. The van der Waals surface area contributed by atoms with Crippen molar-refractivity contribution >= 4 is 46.8 Å². The monoisotopic (exact) mass is 1180 g/mol. The number of carbonyl (C=O) groups excluding carboxylic acids is 8. The summed E-state index contributed by atoms with van der Waals surface area (Å²) in [5.41, 5.74) is 9.66. The Balaban J connectivity index is 0.873. The van der Waals surface area contributed by atoms with E-state index in [0.29, 0.717) is 22.3 Å². The lowest BCUT2D eigenvalue weighted by Gasteiger charge is -2.33. The van der Waals surface area contributed by atoms with E-state index in [9.17, 15) is 38.4 Å². The maximum Gasteiger partial charge on any atom is 0.234 e. The van der Waals surface area contributed by atoms with Gasteiger partial charge in [-0.3, -0.25) is 58.0 Å². The van der Waals surface area contributed by atoms with Crippen LogP contribution in [0.25, 0.3) is 44.5 Å². The van der Waals surface area contributed by atoms with Gasteiger partial charge in [-0.1, -0.05) is 218 Å². The van der Waals surface area contributed by atoms with Gasteiger partial charge >= 0.3 is 0 Å². The number of ketones is 4. The van der Waals surface area contributed by atoms with E-state index in [1.165, 1.54) is 0 Å². The SMILES string of the molecule is O=C(CN1CCN(CC(=O)NCC(=O)c2ccc(-c3ccccc3)cc2)CCN(CC(=O)NCC(=O)c2ccc(-c3ccccc3)cc2)CCN(CC(=O)NCC(=O)c2ccc(-c3ccccc3)cc2)CC1)NCC(=O)c1ccc(-c2ccccc2)cc1. The van der Waals surface area contributed by atoms with Crippen molar-refractivity contribution in [3.8, 4) is 44.5 Å². The number of hydrogen-bond acceptors (Lipinski definition) is 12. The van der Waals surface area contributed by atoms with Gasteiger partial charge in [0, 0.05) is 74.6 Å². The highest BCUT2D eigenvalue weighted by molar-refractivity contribution is 6.02. The van der Waals surface area contributed by atoms with Gasteiger partial charge in [-0.25, -0.2) is 0 Å². The molecule has 1 heterocycles. The summed E-state index contributed by atoms with van der Waals surface area (Å²) in [6.07, 6.45) is 0. The van der Waals surface area contributed by atoms with Crippen molar-refractivity contribution in [3.05, 3.63) is 241 Å². The van der Waals surface area contributed by atoms with E-state index < -0.39 is 23.6 Å². The van der Waals surface area contributed by atoms with Crippen molar-refractivity contribution in [1.29, 1.82) is 0 Å². The third kappa shape index (κ3) is 19.1. The van der Waals surface area contributed by atoms with Crippen LogP contribution in [0.4, 0.5) is 0 Å². The molecule has 4 amide bonds. The first-order valence-electron chi connectivity index (χ1n) is 29.6. The van der Waals surface area contributed by atoms with E-state index in [-0.39, 0.29) is 128 Å². The average Bonchev–Trinajstić information content (AvgIpc) is 3.77. The van der Waals surface area contributed by atoms with E-state index >= 15 is 0 Å². The van der Waals surface area contributed by atoms with Crippen LogP contribution in [0, 0.1) is 0 Å². The number of hydrogen-bond donors (Lipinski definition) is 4. The predicted octanol–water partition coefficient (Wildman–Crippen LogP) is 7.87. The predicted molar refractivity (Wildman–Crippen MR) is 343 cm³/mol. The Morgan fingerprint density at radius 3 is 0.557 bits per heavy atom. The summed E-state index contributed by atoms with van der Waals surface area (Å²) < 4.78 is 0. The minimum Gasteiger partial charge on any atom is -0.348 e. The van der Waals surface area contributed by atoms with E-state index in [2.05, 4.69) is 21.3 Å². The van der Waals surface area contributed by atoms with Gasteiger partial charge in [0.1, 0.15) is 0 Å². The quantitative estimate of drug-likeness (QED) is 0.0428. The van der Waals surface area contributed by atoms with E-state index in [0.717, 1.165) is 44.5 Å². The molecule has 1 aliphatic rings. The molecular formula is C72H72N8O8. The zero-order chi connectivity index (χ0) is 61.5. The molecule has 8 aromatic rings. The molecule has 1 aliphatic heterocycles. The molecule has 0 radical (unpaired) electrons. The molecule has 16 nitrogen and oxygen atoms in total. The summed E-state index contributed by atoms with van der Waals surface area (Å²) in [5, 5.41) is 11.2. The van der Waals surface area contributed by atoms with Crippen LogP contribution in [0.1, 0.15) is 41.4 Å². The number of amides is 4. The smallest absolute Gasteiger partial charge is 0.234 e. The van der Waals surface area contributed by atoms with Crippen molar-refractivity contribution in [2.75, 3.05) is 105 Å². The van der Waals surface area contributed by atoms with Gasteiger partial charge in [0.2, 0.25) is 23.6 Å². The fourth-order valence-electron chi connectivity index (χ4n) is 10.3. The second kappa shape index (κ2) is 32.1. The van der Waals surface area contributed by atoms with Gasteiger partial charge in [0.25, 0.3) is 0 Å². The Hall–Kier alpha value is -9.84. The molecule has 8 aromatic carbocycles. The first-order valence-corrected chi connectivity index (χ1v) is 29.6. The highest BCUT2D eigenvalue weighted by Gasteiger charge is 2.24. The van der Waals surface area contributed by atoms with Crippen molar-refractivity contribution in [2.45, 2.75) is 0 Å². The zero-order valence-electron chi connectivity index (χ0n) is 49.2. The minimum atomic E-state index is -0.402. The van der Waals surface area contributed by atoms with Crippen molar-refractivity contribution < 1.29 is 38.4 Å². The lowest BCUT2D eigenvalue weighted by atomic mass is 10.0. The Labute approximate surface area is 513 Å². The normalized spacial score (nSPS) is 13.6. The Bertz CT molecular complexity index is 3130. The lowest BCUT2D eigenvalue weighted by molar-refractivity contribution is -0.124. The van der Waals surface area contributed by atoms with Gasteiger partial charge in [0.15, 0.2) is 23.1 Å². The molecule has 0 aliphatic carbocycles. The molecule has 4 N–H and O–H groups in total. The number of rotatable bonds is 24. The number of nitrogens with zero attached hydrogens (tertiary/aromatic N) is 4. The highest BCUT2D eigenvalue weighted by atomic mass is 16.2. The largest absolute Gasteiger partial charge is 0.348 e. The van der Waals surface area contributed by atoms with Gasteiger partial charge in [0.05, 0.1) is 52.4 Å². The molecule has 0 aromatic heterocycles. The lowest BCUT2D eigenvalue weighted by Crippen LogP contribution is -2.52. The van der Waals surface area contributed by atoms with Crippen molar-refractivity contribution in [2.24, 2.45) is 0 Å². The maximum atomic E-state index is 13.8. The Morgan fingerprint density at radius 1 is 0.227 bits per heavy atom. The summed E-state index contributed by atoms with van der Waals surface area (Å²) in [6, 6.07) is 68.1. The zero-order valence-corrected chi connectivity index (χ0v) is 49.2. The number of carbonyl (C=O) groups is 8. The van der Waals surface area contributed by atoms with Crippen LogP contribution in [0.5, 0.6) is 0 Å². The first-order chi connectivity index (χ1) is 42.9. The molecule has 0 unspecified atom stereocenters. The second-order valence-corrected chi connectivity index (χ2v) is 21.7. The summed E-state index contributed by atoms with van der Waals surface area (Å²) in [5.74, 6) is -2.66. The topological polar surface area (TPSA) is 198 Å². The number of Topliss-reactive ketones (excluding diaryl/α,β-unsaturated/α-hetero) is 4. The Morgan fingerprint density at radius 2 is 0.386 bits per heavy atom. The second-order valence-electron chi connectivity index (χ2n) is 21.7. The van der Waals surface area contributed by atoms with Gasteiger partial charge in [-0.15, -0.1) is 0 Å². The molecule has 16 heteroatoms. The van der Waals surface area contributed by atoms with Crippen LogP contribution >= 0.6 is 0 Å². The summed E-state index contributed by atoms with van der Waals surface area (Å²) in [6.45, 7) is 0.787. The maximum absolute atomic E-state index is 13.8. The molecule has 1 fully saturated rings. The van der Waals surface area contributed by atoms with Crippen molar-refractivity contribution in [1.82, 2.24) is 40.9 Å². The van der Waals surface area contributed by atoms with Crippen LogP contribution in [0.15, 0.2) is 218 Å². The van der Waals surface area contributed by atoms with E-state index in [1.807, 2.05) is 189 Å². The number of nitrogens with one attached hydrogen (secondary N) is 4. The van der Waals surface area contributed by atoms with Crippen LogP contribution < -0.4 is 21.3 Å². The van der Waals surface area contributed by atoms with Crippen LogP contribution in [0.3, 0.4) is 0 Å². The Kier molecular flexibility index (Phi) is 22.8. The third-order valence-corrected chi connectivity index (χ3v) is 15.4. The molecule has 1 saturated heterocycles. The molecule has 0 spiro atoms.